The lowest BCUT2D eigenvalue weighted by Gasteiger charge is -2.05. The van der Waals surface area contributed by atoms with Gasteiger partial charge in [0.1, 0.15) is 0 Å². The lowest BCUT2D eigenvalue weighted by atomic mass is 10.3. The lowest BCUT2D eigenvalue weighted by molar-refractivity contribution is -0.379. The lowest BCUT2D eigenvalue weighted by Crippen LogP contribution is -2.59. The molecule has 0 amide bonds. The van der Waals surface area contributed by atoms with E-state index in [0.717, 1.165) is 0 Å². The number of tetrazole rings is 2. The smallest absolute Gasteiger partial charge is 0.202 e. The molecule has 0 aliphatic carbocycles. The number of rotatable bonds is 2. The Morgan fingerprint density at radius 3 is 1.48 bits per heavy atom. The Hall–Kier alpha value is -3.28. The molecule has 3 aromatic rings. The number of quaternary nitrogens is 2. The van der Waals surface area contributed by atoms with Gasteiger partial charge in [0.05, 0.1) is 0 Å². The summed E-state index contributed by atoms with van der Waals surface area (Å²) in [4.78, 5) is 0.198. The molecular formula is C4H10N14O3. The average molecular weight is 302 g/mol. The summed E-state index contributed by atoms with van der Waals surface area (Å²) in [6.45, 7) is 0. The predicted octanol–water partition coefficient (Wildman–Crippen LogP) is -5.73. The Morgan fingerprint density at radius 1 is 0.810 bits per heavy atom. The van der Waals surface area contributed by atoms with Crippen LogP contribution in [-0.4, -0.2) is 51.1 Å². The Bertz CT molecular complexity index is 600. The van der Waals surface area contributed by atoms with Crippen molar-refractivity contribution in [1.29, 1.82) is 0 Å². The van der Waals surface area contributed by atoms with Gasteiger partial charge >= 0.3 is 0 Å². The zero-order chi connectivity index (χ0) is 15.8. The van der Waals surface area contributed by atoms with Crippen molar-refractivity contribution in [3.8, 4) is 23.0 Å². The molecule has 10 N–H and O–H groups in total. The highest BCUT2D eigenvalue weighted by atomic mass is 16.6. The molecule has 0 aliphatic heterocycles. The second-order valence-electron chi connectivity index (χ2n) is 2.71. The molecule has 3 aromatic heterocycles. The molecule has 21 heavy (non-hydrogen) atoms. The second kappa shape index (κ2) is 7.34. The Labute approximate surface area is 113 Å². The predicted molar refractivity (Wildman–Crippen MR) is 59.6 cm³/mol. The van der Waals surface area contributed by atoms with Crippen LogP contribution < -0.4 is 23.4 Å². The summed E-state index contributed by atoms with van der Waals surface area (Å²) in [5, 5.41) is 48.4. The Kier molecular flexibility index (Phi) is 5.52. The van der Waals surface area contributed by atoms with Crippen molar-refractivity contribution in [1.82, 2.24) is 51.1 Å². The van der Waals surface area contributed by atoms with Crippen molar-refractivity contribution in [3.05, 3.63) is 10.4 Å². The molecule has 0 spiro atoms. The molecule has 0 radical (unpaired) electrons. The summed E-state index contributed by atoms with van der Waals surface area (Å²) in [5.41, 5.74) is -0.256. The van der Waals surface area contributed by atoms with Crippen molar-refractivity contribution in [2.24, 2.45) is 11.7 Å². The standard InChI is InChI=1S/C4N10O3.2H4N2/c15-13-3(5-9-11-13)1-2(8-17-7-1)4-6-10-12-14(4)16;2*1-2/h;2*1-2H2/q-2;;/p+2. The van der Waals surface area contributed by atoms with Gasteiger partial charge in [0.25, 0.3) is 0 Å². The second-order valence-corrected chi connectivity index (χ2v) is 2.71. The van der Waals surface area contributed by atoms with E-state index in [2.05, 4.69) is 69.4 Å². The van der Waals surface area contributed by atoms with E-state index in [-0.39, 0.29) is 32.7 Å². The molecule has 0 aliphatic rings. The molecule has 0 saturated carbocycles. The maximum absolute atomic E-state index is 11.2. The topological polar surface area (TPSA) is 280 Å². The van der Waals surface area contributed by atoms with Crippen LogP contribution in [-0.2, 0) is 0 Å². The van der Waals surface area contributed by atoms with Gasteiger partial charge in [-0.15, -0.1) is 10.2 Å². The van der Waals surface area contributed by atoms with Gasteiger partial charge in [-0.1, -0.05) is 0 Å². The molecule has 17 nitrogen and oxygen atoms in total. The van der Waals surface area contributed by atoms with Crippen LogP contribution in [0.3, 0.4) is 0 Å². The quantitative estimate of drug-likeness (QED) is 0.253. The van der Waals surface area contributed by atoms with Crippen LogP contribution in [0.5, 0.6) is 0 Å². The molecule has 3 heterocycles. The van der Waals surface area contributed by atoms with Crippen LogP contribution in [0.25, 0.3) is 23.0 Å². The van der Waals surface area contributed by atoms with Gasteiger partial charge in [0.2, 0.25) is 11.6 Å². The number of nitrogens with zero attached hydrogens (tertiary/aromatic N) is 10. The van der Waals surface area contributed by atoms with Gasteiger partial charge in [0.15, 0.2) is 11.4 Å². The first-order chi connectivity index (χ1) is 10.3. The molecule has 17 heteroatoms. The summed E-state index contributed by atoms with van der Waals surface area (Å²) >= 11 is 0. The number of hydrogen-bond acceptors (Lipinski definition) is 13. The highest BCUT2D eigenvalue weighted by molar-refractivity contribution is 5.69. The first kappa shape index (κ1) is 15.8. The first-order valence-corrected chi connectivity index (χ1v) is 4.84. The van der Waals surface area contributed by atoms with E-state index in [0.29, 0.717) is 0 Å². The molecule has 3 rings (SSSR count). The largest absolute Gasteiger partial charge is 0.788 e. The minimum atomic E-state index is -0.274. The van der Waals surface area contributed by atoms with Gasteiger partial charge in [-0.25, -0.2) is 4.63 Å². The highest BCUT2D eigenvalue weighted by Gasteiger charge is 2.21. The third-order valence-electron chi connectivity index (χ3n) is 1.80. The minimum Gasteiger partial charge on any atom is -0.788 e. The normalized spacial score (nSPS) is 9.33. The third-order valence-corrected chi connectivity index (χ3v) is 1.80. The van der Waals surface area contributed by atoms with E-state index in [1.54, 1.807) is 0 Å². The zero-order valence-corrected chi connectivity index (χ0v) is 10.3. The van der Waals surface area contributed by atoms with Gasteiger partial charge in [-0.3, -0.25) is 21.4 Å². The van der Waals surface area contributed by atoms with E-state index in [4.69, 9.17) is 0 Å². The van der Waals surface area contributed by atoms with Crippen molar-refractivity contribution < 1.29 is 16.3 Å². The van der Waals surface area contributed by atoms with Gasteiger partial charge < -0.3 is 10.4 Å². The maximum atomic E-state index is 11.2. The van der Waals surface area contributed by atoms with Crippen LogP contribution in [0.1, 0.15) is 0 Å². The zero-order valence-electron chi connectivity index (χ0n) is 10.3. The number of aromatic nitrogens is 10. The highest BCUT2D eigenvalue weighted by Crippen LogP contribution is 2.24. The molecule has 0 atom stereocenters. The summed E-state index contributed by atoms with van der Waals surface area (Å²) in [6.07, 6.45) is 0. The van der Waals surface area contributed by atoms with Gasteiger partial charge in [0, 0.05) is 0 Å². The van der Waals surface area contributed by atoms with Crippen LogP contribution in [0.15, 0.2) is 4.63 Å². The van der Waals surface area contributed by atoms with E-state index < -0.39 is 0 Å². The SMILES string of the molecule is N[NH3+].N[NH3+].[O-]n1nnnc1-c1nonc1-c1nnnn1[O-]. The first-order valence-electron chi connectivity index (χ1n) is 4.84. The summed E-state index contributed by atoms with van der Waals surface area (Å²) in [7, 11) is 0. The van der Waals surface area contributed by atoms with E-state index >= 15 is 0 Å². The third kappa shape index (κ3) is 3.01. The van der Waals surface area contributed by atoms with Gasteiger partial charge in [-0.2, -0.15) is 11.7 Å². The number of nitrogens with two attached hydrogens (primary N) is 2. The van der Waals surface area contributed by atoms with E-state index in [9.17, 15) is 10.4 Å². The van der Waals surface area contributed by atoms with Crippen molar-refractivity contribution in [2.75, 3.05) is 0 Å². The van der Waals surface area contributed by atoms with Crippen molar-refractivity contribution in [3.63, 3.8) is 0 Å². The summed E-state index contributed by atoms with van der Waals surface area (Å²) in [6, 6.07) is 0. The number of hydrogen-bond donors (Lipinski definition) is 4. The molecular weight excluding hydrogens is 292 g/mol. The fourth-order valence-corrected chi connectivity index (χ4v) is 1.12. The minimum absolute atomic E-state index is 0.0992. The molecule has 0 saturated heterocycles. The van der Waals surface area contributed by atoms with Crippen LogP contribution in [0.2, 0.25) is 0 Å². The van der Waals surface area contributed by atoms with Gasteiger partial charge in [-0.05, 0) is 31.2 Å². The monoisotopic (exact) mass is 302 g/mol. The fraction of sp³-hybridized carbons (Fsp3) is 0. The summed E-state index contributed by atoms with van der Waals surface area (Å²) in [5.74, 6) is 13.5. The molecule has 0 fully saturated rings. The molecule has 114 valence electrons. The van der Waals surface area contributed by atoms with Crippen molar-refractivity contribution >= 4 is 0 Å². The molecule has 0 unspecified atom stereocenters. The summed E-state index contributed by atoms with van der Waals surface area (Å²) < 4.78 is 4.41. The van der Waals surface area contributed by atoms with E-state index in [1.807, 2.05) is 0 Å². The Morgan fingerprint density at radius 2 is 1.19 bits per heavy atom. The van der Waals surface area contributed by atoms with Crippen LogP contribution in [0.4, 0.5) is 0 Å². The van der Waals surface area contributed by atoms with Crippen LogP contribution >= 0.6 is 0 Å². The molecule has 0 aromatic carbocycles. The Balaban J connectivity index is 0.000000510. The average Bonchev–Trinajstić information content (AvgIpc) is 3.23. The maximum Gasteiger partial charge on any atom is 0.202 e. The van der Waals surface area contributed by atoms with E-state index in [1.165, 1.54) is 0 Å². The molecule has 0 bridgehead atoms. The van der Waals surface area contributed by atoms with Crippen LogP contribution in [0, 0.1) is 10.4 Å². The van der Waals surface area contributed by atoms with Crippen molar-refractivity contribution in [2.45, 2.75) is 0 Å². The fourth-order valence-electron chi connectivity index (χ4n) is 1.12.